The molecular weight excluding hydrogens is 244 g/mol. The van der Waals surface area contributed by atoms with Crippen LogP contribution in [0.15, 0.2) is 36.4 Å². The fourth-order valence-electron chi connectivity index (χ4n) is 1.45. The van der Waals surface area contributed by atoms with Crippen molar-refractivity contribution in [3.8, 4) is 6.07 Å². The summed E-state index contributed by atoms with van der Waals surface area (Å²) in [4.78, 5) is 23.6. The molecule has 0 saturated heterocycles. The number of hydrogen-bond acceptors (Lipinski definition) is 3. The zero-order chi connectivity index (χ0) is 14.1. The van der Waals surface area contributed by atoms with Gasteiger partial charge in [0, 0.05) is 12.6 Å². The number of benzene rings is 1. The molecule has 0 saturated carbocycles. The van der Waals surface area contributed by atoms with Crippen LogP contribution >= 0.6 is 0 Å². The van der Waals surface area contributed by atoms with Crippen molar-refractivity contribution in [3.63, 3.8) is 0 Å². The van der Waals surface area contributed by atoms with E-state index in [1.807, 2.05) is 36.4 Å². The van der Waals surface area contributed by atoms with Crippen LogP contribution in [-0.2, 0) is 9.59 Å². The summed E-state index contributed by atoms with van der Waals surface area (Å²) in [5, 5.41) is 17.2. The molecule has 5 nitrogen and oxygen atoms in total. The quantitative estimate of drug-likeness (QED) is 0.784. The van der Waals surface area contributed by atoms with E-state index in [4.69, 9.17) is 10.4 Å². The lowest BCUT2D eigenvalue weighted by Gasteiger charge is -2.17. The Kier molecular flexibility index (Phi) is 5.83. The summed E-state index contributed by atoms with van der Waals surface area (Å²) in [7, 11) is 0. The molecule has 1 N–H and O–H groups in total. The third-order valence-corrected chi connectivity index (χ3v) is 2.35. The number of nitriles is 1. The highest BCUT2D eigenvalue weighted by Gasteiger charge is 2.13. The van der Waals surface area contributed by atoms with Crippen LogP contribution in [0.5, 0.6) is 0 Å². The Balaban J connectivity index is 2.68. The van der Waals surface area contributed by atoms with Crippen molar-refractivity contribution in [1.82, 2.24) is 4.90 Å². The smallest absolute Gasteiger partial charge is 0.323 e. The Bertz CT molecular complexity index is 503. The molecule has 0 aliphatic carbocycles. The van der Waals surface area contributed by atoms with Gasteiger partial charge < -0.3 is 10.0 Å². The minimum atomic E-state index is -1.10. The molecule has 0 aliphatic heterocycles. The van der Waals surface area contributed by atoms with E-state index < -0.39 is 18.4 Å². The summed E-state index contributed by atoms with van der Waals surface area (Å²) in [5.41, 5.74) is 0.853. The molecule has 5 heteroatoms. The zero-order valence-electron chi connectivity index (χ0n) is 10.3. The number of carbonyl (C=O) groups excluding carboxylic acids is 1. The van der Waals surface area contributed by atoms with E-state index >= 15 is 0 Å². The van der Waals surface area contributed by atoms with Gasteiger partial charge in [0.2, 0.25) is 5.91 Å². The van der Waals surface area contributed by atoms with Gasteiger partial charge >= 0.3 is 5.97 Å². The Morgan fingerprint density at radius 2 is 2.00 bits per heavy atom. The van der Waals surface area contributed by atoms with Gasteiger partial charge in [-0.25, -0.2) is 0 Å². The monoisotopic (exact) mass is 258 g/mol. The predicted octanol–water partition coefficient (Wildman–Crippen LogP) is 1.53. The number of carbonyl (C=O) groups is 2. The Labute approximate surface area is 111 Å². The van der Waals surface area contributed by atoms with Gasteiger partial charge in [-0.1, -0.05) is 30.3 Å². The maximum atomic E-state index is 11.8. The van der Waals surface area contributed by atoms with Crippen LogP contribution in [-0.4, -0.2) is 35.0 Å². The molecular formula is C14H14N2O3. The second-order valence-corrected chi connectivity index (χ2v) is 3.81. The lowest BCUT2D eigenvalue weighted by Crippen LogP contribution is -2.35. The highest BCUT2D eigenvalue weighted by atomic mass is 16.4. The third-order valence-electron chi connectivity index (χ3n) is 2.35. The maximum Gasteiger partial charge on any atom is 0.323 e. The molecule has 1 amide bonds. The molecule has 1 aromatic carbocycles. The second kappa shape index (κ2) is 7.67. The first-order chi connectivity index (χ1) is 9.13. The fraction of sp³-hybridized carbons (Fsp3) is 0.214. The fourth-order valence-corrected chi connectivity index (χ4v) is 1.45. The van der Waals surface area contributed by atoms with Crippen LogP contribution in [0.3, 0.4) is 0 Å². The van der Waals surface area contributed by atoms with Gasteiger partial charge in [0.15, 0.2) is 0 Å². The minimum Gasteiger partial charge on any atom is -0.480 e. The minimum absolute atomic E-state index is 0.109. The molecule has 0 aliphatic rings. The summed E-state index contributed by atoms with van der Waals surface area (Å²) >= 11 is 0. The van der Waals surface area contributed by atoms with Gasteiger partial charge in [-0.3, -0.25) is 9.59 Å². The van der Waals surface area contributed by atoms with E-state index in [1.165, 1.54) is 6.08 Å². The number of rotatable bonds is 6. The number of nitrogens with zero attached hydrogens (tertiary/aromatic N) is 2. The Morgan fingerprint density at radius 1 is 1.32 bits per heavy atom. The average molecular weight is 258 g/mol. The van der Waals surface area contributed by atoms with Crippen molar-refractivity contribution in [2.45, 2.75) is 6.42 Å². The number of hydrogen-bond donors (Lipinski definition) is 1. The first-order valence-electron chi connectivity index (χ1n) is 5.74. The van der Waals surface area contributed by atoms with E-state index in [9.17, 15) is 9.59 Å². The zero-order valence-corrected chi connectivity index (χ0v) is 10.3. The van der Waals surface area contributed by atoms with E-state index in [1.54, 1.807) is 6.08 Å². The number of amides is 1. The van der Waals surface area contributed by atoms with Gasteiger partial charge in [0.25, 0.3) is 0 Å². The normalized spacial score (nSPS) is 10.1. The molecule has 0 fully saturated rings. The molecule has 19 heavy (non-hydrogen) atoms. The van der Waals surface area contributed by atoms with Gasteiger partial charge in [0.05, 0.1) is 12.5 Å². The first kappa shape index (κ1) is 14.5. The Hall–Kier alpha value is -2.61. The lowest BCUT2D eigenvalue weighted by molar-refractivity contribution is -0.142. The molecule has 0 radical (unpaired) electrons. The molecule has 1 rings (SSSR count). The first-order valence-corrected chi connectivity index (χ1v) is 5.74. The van der Waals surface area contributed by atoms with E-state index in [-0.39, 0.29) is 13.0 Å². The van der Waals surface area contributed by atoms with Crippen LogP contribution in [0.2, 0.25) is 0 Å². The second-order valence-electron chi connectivity index (χ2n) is 3.81. The van der Waals surface area contributed by atoms with Crippen LogP contribution in [0.1, 0.15) is 12.0 Å². The van der Waals surface area contributed by atoms with Crippen molar-refractivity contribution in [2.75, 3.05) is 13.1 Å². The van der Waals surface area contributed by atoms with E-state index in [0.29, 0.717) is 0 Å². The molecule has 98 valence electrons. The number of carboxylic acids is 1. The number of carboxylic acid groups (broad SMARTS) is 1. The van der Waals surface area contributed by atoms with Crippen LogP contribution in [0, 0.1) is 11.3 Å². The van der Waals surface area contributed by atoms with Crippen molar-refractivity contribution in [3.05, 3.63) is 42.0 Å². The summed E-state index contributed by atoms with van der Waals surface area (Å²) in [6.07, 6.45) is 3.04. The standard InChI is InChI=1S/C14H14N2O3/c15-9-4-10-16(11-14(18)19)13(17)8-7-12-5-2-1-3-6-12/h1-3,5-8H,4,10-11H2,(H,18,19)/b8-7+. The largest absolute Gasteiger partial charge is 0.480 e. The van der Waals surface area contributed by atoms with Crippen molar-refractivity contribution < 1.29 is 14.7 Å². The Morgan fingerprint density at radius 3 is 2.58 bits per heavy atom. The average Bonchev–Trinajstić information content (AvgIpc) is 2.41. The molecule has 0 heterocycles. The SMILES string of the molecule is N#CCCN(CC(=O)O)C(=O)/C=C/c1ccccc1. The molecule has 0 unspecified atom stereocenters. The van der Waals surface area contributed by atoms with Gasteiger partial charge in [-0.05, 0) is 11.6 Å². The molecule has 0 atom stereocenters. The van der Waals surface area contributed by atoms with Gasteiger partial charge in [-0.15, -0.1) is 0 Å². The van der Waals surface area contributed by atoms with Crippen molar-refractivity contribution >= 4 is 18.0 Å². The third kappa shape index (κ3) is 5.50. The van der Waals surface area contributed by atoms with Crippen LogP contribution in [0.25, 0.3) is 6.08 Å². The van der Waals surface area contributed by atoms with Gasteiger partial charge in [0.1, 0.15) is 6.54 Å². The lowest BCUT2D eigenvalue weighted by atomic mass is 10.2. The maximum absolute atomic E-state index is 11.8. The van der Waals surface area contributed by atoms with Gasteiger partial charge in [-0.2, -0.15) is 5.26 Å². The van der Waals surface area contributed by atoms with Crippen molar-refractivity contribution in [2.24, 2.45) is 0 Å². The van der Waals surface area contributed by atoms with Crippen LogP contribution in [0.4, 0.5) is 0 Å². The highest BCUT2D eigenvalue weighted by molar-refractivity contribution is 5.93. The molecule has 0 bridgehead atoms. The van der Waals surface area contributed by atoms with Crippen molar-refractivity contribution in [1.29, 1.82) is 5.26 Å². The van der Waals surface area contributed by atoms with E-state index in [2.05, 4.69) is 0 Å². The highest BCUT2D eigenvalue weighted by Crippen LogP contribution is 2.02. The summed E-state index contributed by atoms with van der Waals surface area (Å²) in [6, 6.07) is 11.1. The topological polar surface area (TPSA) is 81.4 Å². The predicted molar refractivity (Wildman–Crippen MR) is 69.9 cm³/mol. The van der Waals surface area contributed by atoms with E-state index in [0.717, 1.165) is 10.5 Å². The summed E-state index contributed by atoms with van der Waals surface area (Å²) in [6.45, 7) is -0.291. The number of aliphatic carboxylic acids is 1. The van der Waals surface area contributed by atoms with Crippen LogP contribution < -0.4 is 0 Å². The molecule has 0 spiro atoms. The molecule has 1 aromatic rings. The molecule has 0 aromatic heterocycles. The summed E-state index contributed by atoms with van der Waals surface area (Å²) in [5.74, 6) is -1.51. The summed E-state index contributed by atoms with van der Waals surface area (Å²) < 4.78 is 0.